The van der Waals surface area contributed by atoms with Gasteiger partial charge in [0.25, 0.3) is 5.91 Å². The Balaban J connectivity index is 1.94. The molecule has 106 valence electrons. The third-order valence-corrected chi connectivity index (χ3v) is 2.92. The van der Waals surface area contributed by atoms with Crippen LogP contribution in [0.2, 0.25) is 0 Å². The number of nitrogens with two attached hydrogens (primary N) is 1. The molecule has 0 fully saturated rings. The fourth-order valence-electron chi connectivity index (χ4n) is 1.80. The van der Waals surface area contributed by atoms with E-state index in [-0.39, 0.29) is 5.91 Å². The smallest absolute Gasteiger partial charge is 0.261 e. The Labute approximate surface area is 117 Å². The van der Waals surface area contributed by atoms with Crippen molar-refractivity contribution in [2.24, 2.45) is 0 Å². The second kappa shape index (κ2) is 6.14. The van der Waals surface area contributed by atoms with Gasteiger partial charge in [-0.2, -0.15) is 0 Å². The van der Waals surface area contributed by atoms with Crippen molar-refractivity contribution in [3.05, 3.63) is 47.9 Å². The van der Waals surface area contributed by atoms with Crippen molar-refractivity contribution in [2.75, 3.05) is 5.73 Å². The molecule has 0 aliphatic carbocycles. The van der Waals surface area contributed by atoms with Crippen LogP contribution < -0.4 is 15.8 Å². The maximum Gasteiger partial charge on any atom is 0.261 e. The number of nitrogen functional groups attached to an aromatic ring is 1. The van der Waals surface area contributed by atoms with E-state index in [1.54, 1.807) is 31.4 Å². The van der Waals surface area contributed by atoms with E-state index in [0.29, 0.717) is 23.7 Å². The van der Waals surface area contributed by atoms with E-state index < -0.39 is 6.10 Å². The van der Waals surface area contributed by atoms with Crippen LogP contribution in [0, 0.1) is 6.92 Å². The van der Waals surface area contributed by atoms with E-state index in [1.165, 1.54) is 0 Å². The summed E-state index contributed by atoms with van der Waals surface area (Å²) < 4.78 is 10.8. The summed E-state index contributed by atoms with van der Waals surface area (Å²) in [6.07, 6.45) is 0.934. The van der Waals surface area contributed by atoms with Gasteiger partial charge < -0.3 is 20.2 Å². The quantitative estimate of drug-likeness (QED) is 0.820. The van der Waals surface area contributed by atoms with Gasteiger partial charge in [-0.05, 0) is 37.6 Å². The third kappa shape index (κ3) is 3.32. The second-order valence-electron chi connectivity index (χ2n) is 4.55. The molecule has 0 radical (unpaired) electrons. The normalized spacial score (nSPS) is 11.9. The molecule has 0 saturated carbocycles. The Bertz CT molecular complexity index is 559. The summed E-state index contributed by atoms with van der Waals surface area (Å²) in [7, 11) is 0. The van der Waals surface area contributed by atoms with Crippen molar-refractivity contribution in [2.45, 2.75) is 26.5 Å². The molecule has 1 atom stereocenters. The number of aryl methyl sites for hydroxylation is 1. The molecule has 2 aromatic rings. The van der Waals surface area contributed by atoms with Gasteiger partial charge in [0.05, 0.1) is 18.5 Å². The van der Waals surface area contributed by atoms with Gasteiger partial charge >= 0.3 is 0 Å². The van der Waals surface area contributed by atoms with Crippen LogP contribution in [0.3, 0.4) is 0 Å². The number of amides is 1. The summed E-state index contributed by atoms with van der Waals surface area (Å²) in [6, 6.07) is 9.05. The van der Waals surface area contributed by atoms with E-state index in [4.69, 9.17) is 14.9 Å². The molecule has 3 N–H and O–H groups in total. The summed E-state index contributed by atoms with van der Waals surface area (Å²) in [5.74, 6) is 1.03. The van der Waals surface area contributed by atoms with Crippen LogP contribution in [0.25, 0.3) is 0 Å². The summed E-state index contributed by atoms with van der Waals surface area (Å²) in [5, 5.41) is 2.75. The molecule has 0 spiro atoms. The van der Waals surface area contributed by atoms with Crippen molar-refractivity contribution in [3.63, 3.8) is 0 Å². The van der Waals surface area contributed by atoms with E-state index >= 15 is 0 Å². The van der Waals surface area contributed by atoms with Crippen LogP contribution in [-0.2, 0) is 11.3 Å². The van der Waals surface area contributed by atoms with Gasteiger partial charge in [0, 0.05) is 0 Å². The number of anilines is 1. The number of para-hydroxylation sites is 1. The number of furan rings is 1. The zero-order valence-electron chi connectivity index (χ0n) is 11.6. The molecule has 1 amide bonds. The van der Waals surface area contributed by atoms with E-state index in [0.717, 1.165) is 5.56 Å². The lowest BCUT2D eigenvalue weighted by molar-refractivity contribution is -0.127. The maximum atomic E-state index is 11.9. The molecule has 1 heterocycles. The lowest BCUT2D eigenvalue weighted by Crippen LogP contribution is -2.36. The van der Waals surface area contributed by atoms with Gasteiger partial charge in [-0.1, -0.05) is 12.1 Å². The summed E-state index contributed by atoms with van der Waals surface area (Å²) >= 11 is 0. The van der Waals surface area contributed by atoms with Crippen LogP contribution in [0.15, 0.2) is 41.0 Å². The van der Waals surface area contributed by atoms with Crippen molar-refractivity contribution in [3.8, 4) is 5.75 Å². The Morgan fingerprint density at radius 3 is 2.85 bits per heavy atom. The SMILES string of the molecule is Cc1cccc(N)c1OC(C)C(=O)NCc1ccco1. The number of hydrogen-bond acceptors (Lipinski definition) is 4. The van der Waals surface area contributed by atoms with Gasteiger partial charge in [0.2, 0.25) is 0 Å². The molecular weight excluding hydrogens is 256 g/mol. The third-order valence-electron chi connectivity index (χ3n) is 2.92. The molecule has 0 bridgehead atoms. The van der Waals surface area contributed by atoms with Gasteiger partial charge in [-0.25, -0.2) is 0 Å². The average molecular weight is 274 g/mol. The molecular formula is C15H18N2O3. The number of carbonyl (C=O) groups excluding carboxylic acids is 1. The molecule has 1 aromatic carbocycles. The number of carbonyl (C=O) groups is 1. The van der Waals surface area contributed by atoms with E-state index in [1.807, 2.05) is 19.1 Å². The van der Waals surface area contributed by atoms with Crippen molar-refractivity contribution < 1.29 is 13.9 Å². The average Bonchev–Trinajstić information content (AvgIpc) is 2.93. The fourth-order valence-corrected chi connectivity index (χ4v) is 1.80. The van der Waals surface area contributed by atoms with Gasteiger partial charge in [-0.15, -0.1) is 0 Å². The predicted octanol–water partition coefficient (Wildman–Crippen LogP) is 2.25. The largest absolute Gasteiger partial charge is 0.478 e. The Morgan fingerprint density at radius 2 is 2.20 bits per heavy atom. The van der Waals surface area contributed by atoms with Crippen LogP contribution in [-0.4, -0.2) is 12.0 Å². The molecule has 2 rings (SSSR count). The molecule has 5 heteroatoms. The van der Waals surface area contributed by atoms with E-state index in [9.17, 15) is 4.79 Å². The monoisotopic (exact) mass is 274 g/mol. The summed E-state index contributed by atoms with van der Waals surface area (Å²) in [4.78, 5) is 11.9. The first-order valence-corrected chi connectivity index (χ1v) is 6.39. The Hall–Kier alpha value is -2.43. The molecule has 5 nitrogen and oxygen atoms in total. The predicted molar refractivity (Wildman–Crippen MR) is 76.2 cm³/mol. The highest BCUT2D eigenvalue weighted by Crippen LogP contribution is 2.26. The Morgan fingerprint density at radius 1 is 1.40 bits per heavy atom. The lowest BCUT2D eigenvalue weighted by Gasteiger charge is -2.17. The molecule has 1 unspecified atom stereocenters. The number of hydrogen-bond donors (Lipinski definition) is 2. The van der Waals surface area contributed by atoms with Crippen LogP contribution in [0.5, 0.6) is 5.75 Å². The number of ether oxygens (including phenoxy) is 1. The molecule has 0 aliphatic rings. The van der Waals surface area contributed by atoms with Crippen LogP contribution in [0.1, 0.15) is 18.2 Å². The van der Waals surface area contributed by atoms with Gasteiger partial charge in [-0.3, -0.25) is 4.79 Å². The minimum Gasteiger partial charge on any atom is -0.478 e. The second-order valence-corrected chi connectivity index (χ2v) is 4.55. The Kier molecular flexibility index (Phi) is 4.30. The number of nitrogens with one attached hydrogen (secondary N) is 1. The first kappa shape index (κ1) is 14.0. The topological polar surface area (TPSA) is 77.5 Å². The lowest BCUT2D eigenvalue weighted by atomic mass is 10.2. The summed E-state index contributed by atoms with van der Waals surface area (Å²) in [5.41, 5.74) is 7.27. The minimum atomic E-state index is -0.631. The highest BCUT2D eigenvalue weighted by atomic mass is 16.5. The number of benzene rings is 1. The highest BCUT2D eigenvalue weighted by Gasteiger charge is 2.17. The van der Waals surface area contributed by atoms with Gasteiger partial charge in [0.15, 0.2) is 6.10 Å². The summed E-state index contributed by atoms with van der Waals surface area (Å²) in [6.45, 7) is 3.91. The van der Waals surface area contributed by atoms with Crippen LogP contribution in [0.4, 0.5) is 5.69 Å². The zero-order valence-corrected chi connectivity index (χ0v) is 11.6. The first-order chi connectivity index (χ1) is 9.58. The first-order valence-electron chi connectivity index (χ1n) is 6.39. The molecule has 1 aromatic heterocycles. The molecule has 0 saturated heterocycles. The van der Waals surface area contributed by atoms with Gasteiger partial charge in [0.1, 0.15) is 11.5 Å². The van der Waals surface area contributed by atoms with Crippen LogP contribution >= 0.6 is 0 Å². The zero-order chi connectivity index (χ0) is 14.5. The standard InChI is InChI=1S/C15H18N2O3/c1-10-5-3-7-13(16)14(10)20-11(2)15(18)17-9-12-6-4-8-19-12/h3-8,11H,9,16H2,1-2H3,(H,17,18). The fraction of sp³-hybridized carbons (Fsp3) is 0.267. The number of rotatable bonds is 5. The van der Waals surface area contributed by atoms with Crippen molar-refractivity contribution in [1.29, 1.82) is 0 Å². The molecule has 20 heavy (non-hydrogen) atoms. The van der Waals surface area contributed by atoms with Crippen molar-refractivity contribution in [1.82, 2.24) is 5.32 Å². The van der Waals surface area contributed by atoms with Crippen molar-refractivity contribution >= 4 is 11.6 Å². The maximum absolute atomic E-state index is 11.9. The molecule has 0 aliphatic heterocycles. The minimum absolute atomic E-state index is 0.218. The highest BCUT2D eigenvalue weighted by molar-refractivity contribution is 5.80. The van der Waals surface area contributed by atoms with E-state index in [2.05, 4.69) is 5.32 Å².